The lowest BCUT2D eigenvalue weighted by Crippen LogP contribution is -2.35. The van der Waals surface area contributed by atoms with Gasteiger partial charge < -0.3 is 10.2 Å². The van der Waals surface area contributed by atoms with Gasteiger partial charge in [-0.15, -0.1) is 0 Å². The molecule has 3 rings (SSSR count). The van der Waals surface area contributed by atoms with Crippen LogP contribution in [0.1, 0.15) is 38.4 Å². The maximum absolute atomic E-state index is 11.7. The number of rotatable bonds is 4. The summed E-state index contributed by atoms with van der Waals surface area (Å²) in [5.74, 6) is 1.65. The average molecular weight is 325 g/mol. The van der Waals surface area contributed by atoms with E-state index in [4.69, 9.17) is 9.97 Å². The van der Waals surface area contributed by atoms with Gasteiger partial charge in [0.05, 0.1) is 12.2 Å². The fourth-order valence-corrected chi connectivity index (χ4v) is 2.78. The number of anilines is 1. The van der Waals surface area contributed by atoms with E-state index in [-0.39, 0.29) is 5.91 Å². The Morgan fingerprint density at radius 2 is 2.08 bits per heavy atom. The quantitative estimate of drug-likeness (QED) is 0.936. The molecule has 0 saturated heterocycles. The lowest BCUT2D eigenvalue weighted by Gasteiger charge is -2.29. The molecule has 2 aromatic rings. The molecule has 0 bridgehead atoms. The Hall–Kier alpha value is -2.50. The summed E-state index contributed by atoms with van der Waals surface area (Å²) in [4.78, 5) is 27.1. The van der Waals surface area contributed by atoms with Gasteiger partial charge in [0.15, 0.2) is 5.82 Å². The molecule has 24 heavy (non-hydrogen) atoms. The lowest BCUT2D eigenvalue weighted by atomic mass is 10.0. The number of carbonyl (C=O) groups excluding carboxylic acids is 1. The molecule has 6 nitrogen and oxygen atoms in total. The highest BCUT2D eigenvalue weighted by Crippen LogP contribution is 2.27. The van der Waals surface area contributed by atoms with E-state index in [0.29, 0.717) is 18.4 Å². The molecule has 0 aliphatic carbocycles. The number of amides is 1. The van der Waals surface area contributed by atoms with Gasteiger partial charge in [0.2, 0.25) is 5.91 Å². The van der Waals surface area contributed by atoms with Crippen molar-refractivity contribution in [2.24, 2.45) is 0 Å². The van der Waals surface area contributed by atoms with E-state index in [2.05, 4.69) is 24.1 Å². The van der Waals surface area contributed by atoms with Crippen molar-refractivity contribution in [2.45, 2.75) is 46.2 Å². The molecule has 1 N–H and O–H groups in total. The van der Waals surface area contributed by atoms with Crippen molar-refractivity contribution in [3.05, 3.63) is 35.8 Å². The Morgan fingerprint density at radius 3 is 2.75 bits per heavy atom. The van der Waals surface area contributed by atoms with Gasteiger partial charge in [0, 0.05) is 43.0 Å². The van der Waals surface area contributed by atoms with Gasteiger partial charge in [0.1, 0.15) is 5.82 Å². The van der Waals surface area contributed by atoms with Gasteiger partial charge in [-0.25, -0.2) is 9.97 Å². The van der Waals surface area contributed by atoms with Crippen molar-refractivity contribution >= 4 is 11.7 Å². The molecule has 0 saturated carbocycles. The Balaban J connectivity index is 2.04. The molecule has 126 valence electrons. The van der Waals surface area contributed by atoms with Crippen molar-refractivity contribution < 1.29 is 4.79 Å². The maximum atomic E-state index is 11.7. The van der Waals surface area contributed by atoms with Crippen LogP contribution in [-0.4, -0.2) is 38.3 Å². The van der Waals surface area contributed by atoms with Gasteiger partial charge in [-0.05, 0) is 31.9 Å². The second-order valence-corrected chi connectivity index (χ2v) is 6.20. The molecule has 0 fully saturated rings. The van der Waals surface area contributed by atoms with Gasteiger partial charge in [-0.2, -0.15) is 0 Å². The fourth-order valence-electron chi connectivity index (χ4n) is 2.78. The molecule has 1 aliphatic heterocycles. The van der Waals surface area contributed by atoms with Crippen LogP contribution in [0.2, 0.25) is 0 Å². The minimum atomic E-state index is 0.0844. The van der Waals surface area contributed by atoms with Crippen LogP contribution < -0.4 is 5.32 Å². The minimum absolute atomic E-state index is 0.0844. The zero-order valence-corrected chi connectivity index (χ0v) is 14.4. The maximum Gasteiger partial charge on any atom is 0.219 e. The number of pyridine rings is 1. The zero-order valence-electron chi connectivity index (χ0n) is 14.4. The summed E-state index contributed by atoms with van der Waals surface area (Å²) >= 11 is 0. The van der Waals surface area contributed by atoms with Crippen LogP contribution >= 0.6 is 0 Å². The van der Waals surface area contributed by atoms with Crippen LogP contribution in [0.5, 0.6) is 0 Å². The highest BCUT2D eigenvalue weighted by atomic mass is 16.2. The van der Waals surface area contributed by atoms with E-state index in [9.17, 15) is 4.79 Å². The third kappa shape index (κ3) is 3.37. The zero-order chi connectivity index (χ0) is 17.1. The van der Waals surface area contributed by atoms with Gasteiger partial charge in [-0.1, -0.05) is 6.92 Å². The second-order valence-electron chi connectivity index (χ2n) is 6.20. The van der Waals surface area contributed by atoms with Crippen LogP contribution in [-0.2, 0) is 17.8 Å². The number of fused-ring (bicyclic) bond motifs is 1. The molecule has 1 atom stereocenters. The van der Waals surface area contributed by atoms with E-state index in [1.807, 2.05) is 17.0 Å². The first-order valence-electron chi connectivity index (χ1n) is 8.40. The third-order valence-corrected chi connectivity index (χ3v) is 4.44. The summed E-state index contributed by atoms with van der Waals surface area (Å²) < 4.78 is 0. The van der Waals surface area contributed by atoms with E-state index in [0.717, 1.165) is 42.0 Å². The molecule has 0 aromatic carbocycles. The van der Waals surface area contributed by atoms with E-state index >= 15 is 0 Å². The number of nitrogens with one attached hydrogen (secondary N) is 1. The molecular formula is C18H23N5O. The first-order chi connectivity index (χ1) is 11.6. The standard InChI is InChI=1S/C18H23N5O/c1-4-12(2)20-18-15-7-10-23(13(3)24)11-16(15)21-17(22-18)14-5-8-19-9-6-14/h5-6,8-9,12H,4,7,10-11H2,1-3H3,(H,20,21,22)/t12-/m1/s1. The van der Waals surface area contributed by atoms with Crippen LogP contribution in [0.3, 0.4) is 0 Å². The van der Waals surface area contributed by atoms with Crippen molar-refractivity contribution in [1.82, 2.24) is 19.9 Å². The summed E-state index contributed by atoms with van der Waals surface area (Å²) in [5, 5.41) is 3.50. The third-order valence-electron chi connectivity index (χ3n) is 4.44. The fraction of sp³-hybridized carbons (Fsp3) is 0.444. The van der Waals surface area contributed by atoms with Gasteiger partial charge >= 0.3 is 0 Å². The Kier molecular flexibility index (Phi) is 4.74. The largest absolute Gasteiger partial charge is 0.367 e. The highest BCUT2D eigenvalue weighted by molar-refractivity contribution is 5.74. The Morgan fingerprint density at radius 1 is 1.33 bits per heavy atom. The summed E-state index contributed by atoms with van der Waals surface area (Å²) in [5.41, 5.74) is 3.00. The first kappa shape index (κ1) is 16.4. The normalized spacial score (nSPS) is 14.9. The van der Waals surface area contributed by atoms with Crippen LogP contribution in [0, 0.1) is 0 Å². The van der Waals surface area contributed by atoms with Crippen molar-refractivity contribution in [3.63, 3.8) is 0 Å². The molecule has 1 amide bonds. The minimum Gasteiger partial charge on any atom is -0.367 e. The van der Waals surface area contributed by atoms with E-state index in [1.165, 1.54) is 0 Å². The summed E-state index contributed by atoms with van der Waals surface area (Å²) in [6.45, 7) is 7.15. The summed E-state index contributed by atoms with van der Waals surface area (Å²) in [6, 6.07) is 4.14. The predicted molar refractivity (Wildman–Crippen MR) is 93.4 cm³/mol. The number of nitrogens with zero attached hydrogens (tertiary/aromatic N) is 4. The molecule has 0 unspecified atom stereocenters. The number of carbonyl (C=O) groups is 1. The predicted octanol–water partition coefficient (Wildman–Crippen LogP) is 2.65. The summed E-state index contributed by atoms with van der Waals surface area (Å²) in [7, 11) is 0. The van der Waals surface area contributed by atoms with Crippen LogP contribution in [0.25, 0.3) is 11.4 Å². The van der Waals surface area contributed by atoms with E-state index < -0.39 is 0 Å². The summed E-state index contributed by atoms with van der Waals surface area (Å²) in [6.07, 6.45) is 5.27. The monoisotopic (exact) mass is 325 g/mol. The van der Waals surface area contributed by atoms with Crippen molar-refractivity contribution in [3.8, 4) is 11.4 Å². The molecule has 1 aliphatic rings. The van der Waals surface area contributed by atoms with E-state index in [1.54, 1.807) is 19.3 Å². The lowest BCUT2D eigenvalue weighted by molar-refractivity contribution is -0.129. The molecule has 3 heterocycles. The Labute approximate surface area is 142 Å². The van der Waals surface area contributed by atoms with Crippen LogP contribution in [0.15, 0.2) is 24.5 Å². The topological polar surface area (TPSA) is 71.0 Å². The molecular weight excluding hydrogens is 302 g/mol. The SMILES string of the molecule is CC[C@@H](C)Nc1nc(-c2ccncc2)nc2c1CCN(C(C)=O)C2. The molecule has 6 heteroatoms. The smallest absolute Gasteiger partial charge is 0.219 e. The first-order valence-corrected chi connectivity index (χ1v) is 8.40. The molecule has 0 radical (unpaired) electrons. The Bertz CT molecular complexity index is 732. The second kappa shape index (κ2) is 6.95. The molecule has 2 aromatic heterocycles. The van der Waals surface area contributed by atoms with Crippen molar-refractivity contribution in [2.75, 3.05) is 11.9 Å². The molecule has 0 spiro atoms. The van der Waals surface area contributed by atoms with Gasteiger partial charge in [-0.3, -0.25) is 9.78 Å². The average Bonchev–Trinajstić information content (AvgIpc) is 2.61. The van der Waals surface area contributed by atoms with Crippen molar-refractivity contribution in [1.29, 1.82) is 0 Å². The highest BCUT2D eigenvalue weighted by Gasteiger charge is 2.24. The number of hydrogen-bond acceptors (Lipinski definition) is 5. The number of aromatic nitrogens is 3. The number of hydrogen-bond donors (Lipinski definition) is 1. The van der Waals surface area contributed by atoms with Crippen LogP contribution in [0.4, 0.5) is 5.82 Å². The van der Waals surface area contributed by atoms with Gasteiger partial charge in [0.25, 0.3) is 0 Å².